The van der Waals surface area contributed by atoms with E-state index in [2.05, 4.69) is 4.98 Å². The zero-order valence-electron chi connectivity index (χ0n) is 10.6. The Labute approximate surface area is 111 Å². The number of para-hydroxylation sites is 2. The Balaban J connectivity index is 2.12. The van der Waals surface area contributed by atoms with Gasteiger partial charge in [0.05, 0.1) is 11.2 Å². The number of aromatic nitrogens is 1. The average Bonchev–Trinajstić information content (AvgIpc) is 2.42. The van der Waals surface area contributed by atoms with Crippen molar-refractivity contribution in [3.63, 3.8) is 0 Å². The Morgan fingerprint density at radius 1 is 0.947 bits per heavy atom. The molecule has 0 fully saturated rings. The molecule has 3 nitrogen and oxygen atoms in total. The molecular formula is C16H14N2O. The van der Waals surface area contributed by atoms with Crippen LogP contribution in [-0.2, 0) is 0 Å². The highest BCUT2D eigenvalue weighted by Gasteiger charge is 2.07. The van der Waals surface area contributed by atoms with E-state index < -0.39 is 0 Å². The van der Waals surface area contributed by atoms with Gasteiger partial charge < -0.3 is 10.5 Å². The molecule has 19 heavy (non-hydrogen) atoms. The van der Waals surface area contributed by atoms with E-state index in [0.29, 0.717) is 5.69 Å². The Morgan fingerprint density at radius 2 is 1.79 bits per heavy atom. The Hall–Kier alpha value is -2.55. The van der Waals surface area contributed by atoms with Gasteiger partial charge >= 0.3 is 0 Å². The van der Waals surface area contributed by atoms with Crippen molar-refractivity contribution in [3.8, 4) is 11.5 Å². The van der Waals surface area contributed by atoms with Crippen molar-refractivity contribution in [2.24, 2.45) is 0 Å². The van der Waals surface area contributed by atoms with Crippen molar-refractivity contribution in [1.29, 1.82) is 0 Å². The lowest BCUT2D eigenvalue weighted by atomic mass is 10.1. The third-order valence-electron chi connectivity index (χ3n) is 3.08. The molecule has 3 rings (SSSR count). The Bertz CT molecular complexity index is 738. The lowest BCUT2D eigenvalue weighted by molar-refractivity contribution is 0.484. The molecule has 0 saturated heterocycles. The third-order valence-corrected chi connectivity index (χ3v) is 3.08. The van der Waals surface area contributed by atoms with Gasteiger partial charge in [-0.25, -0.2) is 0 Å². The van der Waals surface area contributed by atoms with Crippen LogP contribution in [0.4, 0.5) is 5.69 Å². The molecule has 2 N–H and O–H groups in total. The Morgan fingerprint density at radius 3 is 2.63 bits per heavy atom. The van der Waals surface area contributed by atoms with Crippen molar-refractivity contribution in [3.05, 3.63) is 60.3 Å². The molecule has 1 aromatic heterocycles. The molecule has 1 heterocycles. The second-order valence-corrected chi connectivity index (χ2v) is 4.42. The molecule has 0 radical (unpaired) electrons. The van der Waals surface area contributed by atoms with Gasteiger partial charge in [0.25, 0.3) is 0 Å². The summed E-state index contributed by atoms with van der Waals surface area (Å²) in [4.78, 5) is 4.30. The van der Waals surface area contributed by atoms with E-state index in [1.807, 2.05) is 55.5 Å². The number of benzene rings is 2. The lowest BCUT2D eigenvalue weighted by Crippen LogP contribution is -1.92. The molecule has 0 amide bonds. The van der Waals surface area contributed by atoms with Gasteiger partial charge in [-0.05, 0) is 36.8 Å². The minimum atomic E-state index is 0.660. The molecule has 0 aliphatic carbocycles. The Kier molecular flexibility index (Phi) is 2.80. The van der Waals surface area contributed by atoms with E-state index in [0.717, 1.165) is 28.0 Å². The van der Waals surface area contributed by atoms with Crippen LogP contribution < -0.4 is 10.5 Å². The monoisotopic (exact) mass is 250 g/mol. The first kappa shape index (κ1) is 11.5. The van der Waals surface area contributed by atoms with E-state index in [9.17, 15) is 0 Å². The van der Waals surface area contributed by atoms with Crippen LogP contribution in [0.2, 0.25) is 0 Å². The van der Waals surface area contributed by atoms with Crippen molar-refractivity contribution in [2.45, 2.75) is 6.92 Å². The number of rotatable bonds is 2. The van der Waals surface area contributed by atoms with E-state index in [1.54, 1.807) is 6.20 Å². The fraction of sp³-hybridized carbons (Fsp3) is 0.0625. The average molecular weight is 250 g/mol. The molecule has 3 heteroatoms. The fourth-order valence-corrected chi connectivity index (χ4v) is 2.05. The number of hydrogen-bond acceptors (Lipinski definition) is 3. The topological polar surface area (TPSA) is 48.1 Å². The summed E-state index contributed by atoms with van der Waals surface area (Å²) in [6.45, 7) is 2.02. The van der Waals surface area contributed by atoms with Crippen LogP contribution in [0.15, 0.2) is 54.7 Å². The van der Waals surface area contributed by atoms with Crippen molar-refractivity contribution >= 4 is 16.6 Å². The molecule has 0 unspecified atom stereocenters. The third kappa shape index (κ3) is 2.10. The van der Waals surface area contributed by atoms with Crippen LogP contribution in [0.1, 0.15) is 5.56 Å². The molecule has 0 aliphatic rings. The summed E-state index contributed by atoms with van der Waals surface area (Å²) in [6, 6.07) is 15.5. The second-order valence-electron chi connectivity index (χ2n) is 4.42. The maximum Gasteiger partial charge on any atom is 0.138 e. The SMILES string of the molecule is Cc1ccccc1Oc1ccnc2c(N)cccc12. The maximum atomic E-state index is 5.98. The number of nitrogen functional groups attached to an aromatic ring is 1. The minimum Gasteiger partial charge on any atom is -0.456 e. The highest BCUT2D eigenvalue weighted by molar-refractivity contribution is 5.93. The summed E-state index contributed by atoms with van der Waals surface area (Å²) in [6.07, 6.45) is 1.71. The van der Waals surface area contributed by atoms with Gasteiger partial charge in [0.2, 0.25) is 0 Å². The van der Waals surface area contributed by atoms with Crippen LogP contribution in [0.5, 0.6) is 11.5 Å². The van der Waals surface area contributed by atoms with E-state index in [-0.39, 0.29) is 0 Å². The molecule has 0 aliphatic heterocycles. The molecule has 0 bridgehead atoms. The second kappa shape index (κ2) is 4.61. The van der Waals surface area contributed by atoms with Crippen molar-refractivity contribution < 1.29 is 4.74 Å². The molecule has 0 saturated carbocycles. The van der Waals surface area contributed by atoms with E-state index in [1.165, 1.54) is 0 Å². The van der Waals surface area contributed by atoms with Crippen molar-refractivity contribution in [1.82, 2.24) is 4.98 Å². The number of fused-ring (bicyclic) bond motifs is 1. The van der Waals surface area contributed by atoms with Gasteiger partial charge in [0.1, 0.15) is 11.5 Å². The first-order valence-electron chi connectivity index (χ1n) is 6.12. The van der Waals surface area contributed by atoms with Crippen LogP contribution >= 0.6 is 0 Å². The van der Waals surface area contributed by atoms with Crippen LogP contribution in [0, 0.1) is 6.92 Å². The number of hydrogen-bond donors (Lipinski definition) is 1. The first-order chi connectivity index (χ1) is 9.25. The number of nitrogens with zero attached hydrogens (tertiary/aromatic N) is 1. The molecule has 0 spiro atoms. The standard InChI is InChI=1S/C16H14N2O/c1-11-5-2-3-8-14(11)19-15-9-10-18-16-12(15)6-4-7-13(16)17/h2-10H,17H2,1H3. The number of nitrogens with two attached hydrogens (primary N) is 1. The number of aryl methyl sites for hydroxylation is 1. The summed E-state index contributed by atoms with van der Waals surface area (Å²) in [7, 11) is 0. The first-order valence-corrected chi connectivity index (χ1v) is 6.12. The summed E-state index contributed by atoms with van der Waals surface area (Å²) in [5, 5.41) is 0.922. The largest absolute Gasteiger partial charge is 0.456 e. The van der Waals surface area contributed by atoms with Gasteiger partial charge in [-0.1, -0.05) is 24.3 Å². The van der Waals surface area contributed by atoms with E-state index in [4.69, 9.17) is 10.5 Å². The van der Waals surface area contributed by atoms with Gasteiger partial charge in [-0.3, -0.25) is 4.98 Å². The number of anilines is 1. The zero-order valence-corrected chi connectivity index (χ0v) is 10.6. The lowest BCUT2D eigenvalue weighted by Gasteiger charge is -2.11. The smallest absolute Gasteiger partial charge is 0.138 e. The van der Waals surface area contributed by atoms with Crippen LogP contribution in [0.25, 0.3) is 10.9 Å². The van der Waals surface area contributed by atoms with Gasteiger partial charge in [0, 0.05) is 11.6 Å². The van der Waals surface area contributed by atoms with Gasteiger partial charge in [-0.2, -0.15) is 0 Å². The molecule has 0 atom stereocenters. The van der Waals surface area contributed by atoms with Crippen LogP contribution in [0.3, 0.4) is 0 Å². The molecular weight excluding hydrogens is 236 g/mol. The molecule has 94 valence electrons. The van der Waals surface area contributed by atoms with Crippen molar-refractivity contribution in [2.75, 3.05) is 5.73 Å². The zero-order chi connectivity index (χ0) is 13.2. The van der Waals surface area contributed by atoms with Gasteiger partial charge in [0.15, 0.2) is 0 Å². The predicted octanol–water partition coefficient (Wildman–Crippen LogP) is 3.92. The molecule has 3 aromatic rings. The number of pyridine rings is 1. The van der Waals surface area contributed by atoms with Crippen LogP contribution in [-0.4, -0.2) is 4.98 Å². The summed E-state index contributed by atoms with van der Waals surface area (Å²) in [5.74, 6) is 1.61. The minimum absolute atomic E-state index is 0.660. The maximum absolute atomic E-state index is 5.98. The normalized spacial score (nSPS) is 10.6. The summed E-state index contributed by atoms with van der Waals surface area (Å²) < 4.78 is 5.98. The highest BCUT2D eigenvalue weighted by atomic mass is 16.5. The summed E-state index contributed by atoms with van der Waals surface area (Å²) >= 11 is 0. The predicted molar refractivity (Wildman–Crippen MR) is 77.4 cm³/mol. The highest BCUT2D eigenvalue weighted by Crippen LogP contribution is 2.32. The molecule has 2 aromatic carbocycles. The van der Waals surface area contributed by atoms with Gasteiger partial charge in [-0.15, -0.1) is 0 Å². The van der Waals surface area contributed by atoms with E-state index >= 15 is 0 Å². The number of ether oxygens (including phenoxy) is 1. The fourth-order valence-electron chi connectivity index (χ4n) is 2.05. The quantitative estimate of drug-likeness (QED) is 0.701. The summed E-state index contributed by atoms with van der Waals surface area (Å²) in [5.41, 5.74) is 8.46.